The maximum atomic E-state index is 12.3. The van der Waals surface area contributed by atoms with Crippen LogP contribution >= 0.6 is 0 Å². The molecular formula is C18H20N4O4. The first-order valence-corrected chi connectivity index (χ1v) is 8.44. The summed E-state index contributed by atoms with van der Waals surface area (Å²) >= 11 is 0. The molecule has 1 atom stereocenters. The fourth-order valence-corrected chi connectivity index (χ4v) is 2.72. The quantitative estimate of drug-likeness (QED) is 0.692. The average Bonchev–Trinajstić information content (AvgIpc) is 3.25. The normalized spacial score (nSPS) is 16.6. The van der Waals surface area contributed by atoms with E-state index in [0.29, 0.717) is 18.7 Å². The molecule has 1 aliphatic heterocycles. The molecule has 1 aliphatic rings. The minimum Gasteiger partial charge on any atom is -0.467 e. The van der Waals surface area contributed by atoms with Crippen molar-refractivity contribution in [1.82, 2.24) is 20.5 Å². The Morgan fingerprint density at radius 1 is 1.27 bits per heavy atom. The van der Waals surface area contributed by atoms with Crippen LogP contribution in [0.5, 0.6) is 0 Å². The molecule has 2 N–H and O–H groups in total. The first-order chi connectivity index (χ1) is 12.6. The topological polar surface area (TPSA) is 105 Å². The molecule has 2 aromatic heterocycles. The van der Waals surface area contributed by atoms with Gasteiger partial charge in [-0.25, -0.2) is 4.79 Å². The van der Waals surface area contributed by atoms with Crippen molar-refractivity contribution in [3.63, 3.8) is 0 Å². The minimum atomic E-state index is -0.681. The fraction of sp³-hybridized carbons (Fsp3) is 0.333. The van der Waals surface area contributed by atoms with Crippen LogP contribution in [-0.4, -0.2) is 40.3 Å². The summed E-state index contributed by atoms with van der Waals surface area (Å²) in [5, 5.41) is 5.41. The first-order valence-electron chi connectivity index (χ1n) is 8.44. The number of carbonyl (C=O) groups excluding carboxylic acids is 3. The molecule has 1 saturated heterocycles. The van der Waals surface area contributed by atoms with Crippen molar-refractivity contribution in [3.8, 4) is 0 Å². The highest BCUT2D eigenvalue weighted by molar-refractivity contribution is 6.04. The summed E-state index contributed by atoms with van der Waals surface area (Å²) in [4.78, 5) is 41.5. The van der Waals surface area contributed by atoms with Crippen molar-refractivity contribution in [2.24, 2.45) is 0 Å². The maximum absolute atomic E-state index is 12.3. The Labute approximate surface area is 150 Å². The summed E-state index contributed by atoms with van der Waals surface area (Å²) in [5.74, 6) is 0.0292. The zero-order valence-corrected chi connectivity index (χ0v) is 14.2. The van der Waals surface area contributed by atoms with Gasteiger partial charge in [0.1, 0.15) is 11.8 Å². The summed E-state index contributed by atoms with van der Waals surface area (Å²) in [6, 6.07) is 7.87. The zero-order chi connectivity index (χ0) is 18.4. The molecular weight excluding hydrogens is 336 g/mol. The van der Waals surface area contributed by atoms with Gasteiger partial charge >= 0.3 is 6.03 Å². The monoisotopic (exact) mass is 356 g/mol. The van der Waals surface area contributed by atoms with Gasteiger partial charge in [-0.3, -0.25) is 19.5 Å². The van der Waals surface area contributed by atoms with Gasteiger partial charge in [0.2, 0.25) is 5.91 Å². The first kappa shape index (κ1) is 17.7. The van der Waals surface area contributed by atoms with E-state index < -0.39 is 12.1 Å². The predicted molar refractivity (Wildman–Crippen MR) is 91.8 cm³/mol. The molecule has 0 unspecified atom stereocenters. The van der Waals surface area contributed by atoms with E-state index in [1.807, 2.05) is 18.2 Å². The van der Waals surface area contributed by atoms with Crippen molar-refractivity contribution in [2.45, 2.75) is 31.8 Å². The highest BCUT2D eigenvalue weighted by atomic mass is 16.3. The van der Waals surface area contributed by atoms with Gasteiger partial charge in [-0.2, -0.15) is 0 Å². The van der Waals surface area contributed by atoms with Gasteiger partial charge in [0.15, 0.2) is 0 Å². The van der Waals surface area contributed by atoms with Crippen LogP contribution in [0.1, 0.15) is 24.3 Å². The van der Waals surface area contributed by atoms with Crippen LogP contribution in [0, 0.1) is 0 Å². The summed E-state index contributed by atoms with van der Waals surface area (Å²) in [5.41, 5.74) is 0.902. The molecule has 4 amide bonds. The van der Waals surface area contributed by atoms with Gasteiger partial charge in [0.25, 0.3) is 5.91 Å². The zero-order valence-electron chi connectivity index (χ0n) is 14.2. The Hall–Kier alpha value is -3.16. The summed E-state index contributed by atoms with van der Waals surface area (Å²) in [6.07, 6.45) is 4.26. The second kappa shape index (κ2) is 8.28. The van der Waals surface area contributed by atoms with Crippen molar-refractivity contribution < 1.29 is 18.8 Å². The minimum absolute atomic E-state index is 0.0877. The Kier molecular flexibility index (Phi) is 5.62. The number of carbonyl (C=O) groups is 3. The molecule has 0 aliphatic carbocycles. The maximum Gasteiger partial charge on any atom is 0.325 e. The number of nitrogens with one attached hydrogen (secondary N) is 2. The van der Waals surface area contributed by atoms with Crippen LogP contribution in [0.25, 0.3) is 0 Å². The summed E-state index contributed by atoms with van der Waals surface area (Å²) < 4.78 is 5.16. The number of hydrogen-bond acceptors (Lipinski definition) is 5. The molecule has 26 heavy (non-hydrogen) atoms. The standard InChI is InChI=1S/C18H20N4O4/c23-16(20-10-8-13-4-1-2-9-19-13)7-6-15-17(24)22(18(25)21-15)12-14-5-3-11-26-14/h1-5,9,11,15H,6-8,10,12H2,(H,20,23)(H,21,25)/t15-/m0/s1. The van der Waals surface area contributed by atoms with Gasteiger partial charge in [-0.05, 0) is 30.7 Å². The Bertz CT molecular complexity index is 761. The van der Waals surface area contributed by atoms with Crippen LogP contribution in [0.15, 0.2) is 47.2 Å². The Morgan fingerprint density at radius 2 is 2.15 bits per heavy atom. The molecule has 3 heterocycles. The number of nitrogens with zero attached hydrogens (tertiary/aromatic N) is 2. The molecule has 0 aromatic carbocycles. The largest absolute Gasteiger partial charge is 0.467 e. The van der Waals surface area contributed by atoms with Gasteiger partial charge < -0.3 is 15.1 Å². The Morgan fingerprint density at radius 3 is 2.88 bits per heavy atom. The lowest BCUT2D eigenvalue weighted by molar-refractivity contribution is -0.128. The molecule has 3 rings (SSSR count). The van der Waals surface area contributed by atoms with Gasteiger partial charge in [0, 0.05) is 31.3 Å². The molecule has 0 radical (unpaired) electrons. The van der Waals surface area contributed by atoms with Crippen LogP contribution in [-0.2, 0) is 22.6 Å². The van der Waals surface area contributed by atoms with E-state index in [1.54, 1.807) is 18.3 Å². The molecule has 8 heteroatoms. The van der Waals surface area contributed by atoms with Crippen molar-refractivity contribution in [3.05, 3.63) is 54.2 Å². The SMILES string of the molecule is O=C(CC[C@@H]1NC(=O)N(Cc2ccco2)C1=O)NCCc1ccccn1. The third-order valence-electron chi connectivity index (χ3n) is 4.09. The van der Waals surface area contributed by atoms with E-state index in [9.17, 15) is 14.4 Å². The number of furan rings is 1. The summed E-state index contributed by atoms with van der Waals surface area (Å²) in [6.45, 7) is 0.565. The molecule has 136 valence electrons. The molecule has 0 saturated carbocycles. The molecule has 0 spiro atoms. The van der Waals surface area contributed by atoms with E-state index in [-0.39, 0.29) is 31.2 Å². The van der Waals surface area contributed by atoms with E-state index in [2.05, 4.69) is 15.6 Å². The van der Waals surface area contributed by atoms with E-state index >= 15 is 0 Å². The van der Waals surface area contributed by atoms with Gasteiger partial charge in [-0.1, -0.05) is 6.07 Å². The number of rotatable bonds is 8. The number of aromatic nitrogens is 1. The van der Waals surface area contributed by atoms with Crippen LogP contribution in [0.3, 0.4) is 0 Å². The van der Waals surface area contributed by atoms with Crippen molar-refractivity contribution in [1.29, 1.82) is 0 Å². The number of imide groups is 1. The third kappa shape index (κ3) is 4.47. The second-order valence-electron chi connectivity index (χ2n) is 5.97. The number of hydrogen-bond donors (Lipinski definition) is 2. The van der Waals surface area contributed by atoms with Crippen LogP contribution in [0.4, 0.5) is 4.79 Å². The molecule has 2 aromatic rings. The lowest BCUT2D eigenvalue weighted by atomic mass is 10.1. The van der Waals surface area contributed by atoms with E-state index in [1.165, 1.54) is 6.26 Å². The Balaban J connectivity index is 1.40. The molecule has 0 bridgehead atoms. The van der Waals surface area contributed by atoms with Crippen molar-refractivity contribution >= 4 is 17.8 Å². The van der Waals surface area contributed by atoms with E-state index in [4.69, 9.17) is 4.42 Å². The lowest BCUT2D eigenvalue weighted by Gasteiger charge is -2.11. The van der Waals surface area contributed by atoms with Crippen molar-refractivity contribution in [2.75, 3.05) is 6.54 Å². The van der Waals surface area contributed by atoms with E-state index in [0.717, 1.165) is 10.6 Å². The van der Waals surface area contributed by atoms with Gasteiger partial charge in [-0.15, -0.1) is 0 Å². The predicted octanol–water partition coefficient (Wildman–Crippen LogP) is 1.23. The molecule has 8 nitrogen and oxygen atoms in total. The van der Waals surface area contributed by atoms with Gasteiger partial charge in [0.05, 0.1) is 12.8 Å². The summed E-state index contributed by atoms with van der Waals surface area (Å²) in [7, 11) is 0. The number of urea groups is 1. The number of pyridine rings is 1. The average molecular weight is 356 g/mol. The second-order valence-corrected chi connectivity index (χ2v) is 5.97. The van der Waals surface area contributed by atoms with Crippen LogP contribution in [0.2, 0.25) is 0 Å². The number of amides is 4. The van der Waals surface area contributed by atoms with Crippen LogP contribution < -0.4 is 10.6 Å². The highest BCUT2D eigenvalue weighted by Gasteiger charge is 2.38. The smallest absolute Gasteiger partial charge is 0.325 e. The molecule has 1 fully saturated rings. The fourth-order valence-electron chi connectivity index (χ4n) is 2.72. The third-order valence-corrected chi connectivity index (χ3v) is 4.09. The lowest BCUT2D eigenvalue weighted by Crippen LogP contribution is -2.33. The highest BCUT2D eigenvalue weighted by Crippen LogP contribution is 2.15.